The lowest BCUT2D eigenvalue weighted by Crippen LogP contribution is -2.58. The van der Waals surface area contributed by atoms with Crippen molar-refractivity contribution in [3.05, 3.63) is 70.7 Å². The van der Waals surface area contributed by atoms with Crippen molar-refractivity contribution in [3.63, 3.8) is 0 Å². The summed E-state index contributed by atoms with van der Waals surface area (Å²) < 4.78 is 0. The summed E-state index contributed by atoms with van der Waals surface area (Å²) in [6, 6.07) is 18.2. The Labute approximate surface area is 158 Å². The number of benzene rings is 2. The molecule has 4 rings (SSSR count). The molecule has 0 radical (unpaired) electrons. The summed E-state index contributed by atoms with van der Waals surface area (Å²) in [5.74, 6) is 0.0941. The van der Waals surface area contributed by atoms with E-state index in [4.69, 9.17) is 11.6 Å². The van der Waals surface area contributed by atoms with E-state index in [2.05, 4.69) is 17.4 Å². The number of halogens is 1. The smallest absolute Gasteiger partial charge is 0.408 e. The number of nitrogens with one attached hydrogen (secondary N) is 1. The SMILES string of the molecule is O=C(O)N(C1CC1)[C@]1(Cc2ccccc2)CNC[C@H]1c1ccc(Cl)cc1. The molecule has 2 atom stereocenters. The third kappa shape index (κ3) is 3.19. The minimum atomic E-state index is -0.814. The van der Waals surface area contributed by atoms with Crippen LogP contribution in [-0.4, -0.2) is 40.8 Å². The molecule has 2 aromatic rings. The Hall–Kier alpha value is -2.04. The van der Waals surface area contributed by atoms with Gasteiger partial charge < -0.3 is 10.4 Å². The maximum atomic E-state index is 12.3. The fourth-order valence-corrected chi connectivity index (χ4v) is 4.51. The molecule has 26 heavy (non-hydrogen) atoms. The summed E-state index contributed by atoms with van der Waals surface area (Å²) in [5, 5.41) is 14.2. The zero-order valence-corrected chi connectivity index (χ0v) is 15.3. The van der Waals surface area contributed by atoms with Crippen LogP contribution in [0.15, 0.2) is 54.6 Å². The zero-order chi connectivity index (χ0) is 18.1. The standard InChI is InChI=1S/C21H23ClN2O2/c22-17-8-6-16(7-9-17)19-13-23-14-21(19,12-15-4-2-1-3-5-15)24(20(25)26)18-10-11-18/h1-9,18-19,23H,10-14H2,(H,25,26)/t19-,21+/m0/s1. The van der Waals surface area contributed by atoms with Gasteiger partial charge in [-0.1, -0.05) is 54.1 Å². The lowest BCUT2D eigenvalue weighted by Gasteiger charge is -2.44. The summed E-state index contributed by atoms with van der Waals surface area (Å²) >= 11 is 6.07. The van der Waals surface area contributed by atoms with Gasteiger partial charge in [-0.3, -0.25) is 4.90 Å². The fraction of sp³-hybridized carbons (Fsp3) is 0.381. The molecule has 4 nitrogen and oxygen atoms in total. The van der Waals surface area contributed by atoms with Gasteiger partial charge in [0, 0.05) is 30.1 Å². The second kappa shape index (κ2) is 6.93. The molecule has 0 aromatic heterocycles. The predicted octanol–water partition coefficient (Wildman–Crippen LogP) is 4.15. The minimum Gasteiger partial charge on any atom is -0.465 e. The first kappa shape index (κ1) is 17.4. The molecule has 1 saturated carbocycles. The third-order valence-corrected chi connectivity index (χ3v) is 5.90. The highest BCUT2D eigenvalue weighted by molar-refractivity contribution is 6.30. The van der Waals surface area contributed by atoms with Crippen molar-refractivity contribution in [3.8, 4) is 0 Å². The lowest BCUT2D eigenvalue weighted by molar-refractivity contribution is 0.0688. The molecular formula is C21H23ClN2O2. The highest BCUT2D eigenvalue weighted by Crippen LogP contribution is 2.44. The molecule has 0 bridgehead atoms. The number of nitrogens with zero attached hydrogens (tertiary/aromatic N) is 1. The second-order valence-electron chi connectivity index (χ2n) is 7.38. The molecule has 2 N–H and O–H groups in total. The Balaban J connectivity index is 1.78. The van der Waals surface area contributed by atoms with Gasteiger partial charge in [0.25, 0.3) is 0 Å². The van der Waals surface area contributed by atoms with Crippen molar-refractivity contribution in [2.24, 2.45) is 0 Å². The van der Waals surface area contributed by atoms with Gasteiger partial charge in [0.1, 0.15) is 0 Å². The van der Waals surface area contributed by atoms with Crippen LogP contribution in [0.5, 0.6) is 0 Å². The molecule has 1 aliphatic heterocycles. The zero-order valence-electron chi connectivity index (χ0n) is 14.6. The van der Waals surface area contributed by atoms with Crippen LogP contribution in [0.25, 0.3) is 0 Å². The summed E-state index contributed by atoms with van der Waals surface area (Å²) in [4.78, 5) is 14.0. The maximum absolute atomic E-state index is 12.3. The number of amides is 1. The number of carbonyl (C=O) groups is 1. The summed E-state index contributed by atoms with van der Waals surface area (Å²) in [6.07, 6.45) is 1.80. The molecule has 136 valence electrons. The van der Waals surface area contributed by atoms with E-state index in [1.165, 1.54) is 5.56 Å². The van der Waals surface area contributed by atoms with Gasteiger partial charge in [-0.25, -0.2) is 4.79 Å². The van der Waals surface area contributed by atoms with E-state index in [-0.39, 0.29) is 12.0 Å². The monoisotopic (exact) mass is 370 g/mol. The van der Waals surface area contributed by atoms with Gasteiger partial charge in [-0.05, 0) is 42.5 Å². The molecule has 1 saturated heterocycles. The van der Waals surface area contributed by atoms with Crippen LogP contribution < -0.4 is 5.32 Å². The molecule has 1 heterocycles. The summed E-state index contributed by atoms with van der Waals surface area (Å²) in [6.45, 7) is 1.43. The Morgan fingerprint density at radius 1 is 1.15 bits per heavy atom. The molecule has 1 aliphatic carbocycles. The van der Waals surface area contributed by atoms with Crippen molar-refractivity contribution >= 4 is 17.7 Å². The number of hydrogen-bond acceptors (Lipinski definition) is 2. The molecule has 2 fully saturated rings. The van der Waals surface area contributed by atoms with Crippen molar-refractivity contribution in [2.75, 3.05) is 13.1 Å². The third-order valence-electron chi connectivity index (χ3n) is 5.65. The van der Waals surface area contributed by atoms with Crippen LogP contribution in [0.4, 0.5) is 4.79 Å². The van der Waals surface area contributed by atoms with Gasteiger partial charge in [-0.15, -0.1) is 0 Å². The quantitative estimate of drug-likeness (QED) is 0.831. The molecule has 2 aromatic carbocycles. The molecule has 0 unspecified atom stereocenters. The maximum Gasteiger partial charge on any atom is 0.408 e. The van der Waals surface area contributed by atoms with Gasteiger partial charge in [-0.2, -0.15) is 0 Å². The first-order valence-electron chi connectivity index (χ1n) is 9.12. The number of rotatable bonds is 5. The Morgan fingerprint density at radius 3 is 2.46 bits per heavy atom. The Kier molecular flexibility index (Phi) is 4.63. The van der Waals surface area contributed by atoms with Gasteiger partial charge in [0.2, 0.25) is 0 Å². The van der Waals surface area contributed by atoms with E-state index in [0.29, 0.717) is 18.0 Å². The van der Waals surface area contributed by atoms with Crippen LogP contribution in [0, 0.1) is 0 Å². The summed E-state index contributed by atoms with van der Waals surface area (Å²) in [5.41, 5.74) is 1.83. The van der Waals surface area contributed by atoms with Gasteiger partial charge in [0.15, 0.2) is 0 Å². The van der Waals surface area contributed by atoms with E-state index in [9.17, 15) is 9.90 Å². The average Bonchev–Trinajstić information content (AvgIpc) is 3.36. The van der Waals surface area contributed by atoms with Crippen molar-refractivity contribution in [1.82, 2.24) is 10.2 Å². The van der Waals surface area contributed by atoms with Crippen molar-refractivity contribution in [1.29, 1.82) is 0 Å². The first-order chi connectivity index (χ1) is 12.6. The molecular weight excluding hydrogens is 348 g/mol. The fourth-order valence-electron chi connectivity index (χ4n) is 4.39. The van der Waals surface area contributed by atoms with Crippen LogP contribution in [0.1, 0.15) is 29.9 Å². The van der Waals surface area contributed by atoms with E-state index < -0.39 is 11.6 Å². The van der Waals surface area contributed by atoms with Gasteiger partial charge in [0.05, 0.1) is 5.54 Å². The molecule has 0 spiro atoms. The molecule has 2 aliphatic rings. The number of hydrogen-bond donors (Lipinski definition) is 2. The molecule has 1 amide bonds. The van der Waals surface area contributed by atoms with E-state index in [1.807, 2.05) is 42.5 Å². The van der Waals surface area contributed by atoms with Crippen LogP contribution in [0.2, 0.25) is 5.02 Å². The Morgan fingerprint density at radius 2 is 1.85 bits per heavy atom. The van der Waals surface area contributed by atoms with E-state index in [1.54, 1.807) is 4.90 Å². The normalized spacial score (nSPS) is 25.2. The van der Waals surface area contributed by atoms with Crippen molar-refractivity contribution in [2.45, 2.75) is 36.8 Å². The first-order valence-corrected chi connectivity index (χ1v) is 9.50. The van der Waals surface area contributed by atoms with Gasteiger partial charge >= 0.3 is 6.09 Å². The largest absolute Gasteiger partial charge is 0.465 e. The second-order valence-corrected chi connectivity index (χ2v) is 7.82. The predicted molar refractivity (Wildman–Crippen MR) is 103 cm³/mol. The highest BCUT2D eigenvalue weighted by atomic mass is 35.5. The van der Waals surface area contributed by atoms with E-state index in [0.717, 1.165) is 24.9 Å². The highest BCUT2D eigenvalue weighted by Gasteiger charge is 2.54. The lowest BCUT2D eigenvalue weighted by atomic mass is 9.76. The molecule has 5 heteroatoms. The van der Waals surface area contributed by atoms with E-state index >= 15 is 0 Å². The van der Waals surface area contributed by atoms with Crippen LogP contribution in [0.3, 0.4) is 0 Å². The summed E-state index contributed by atoms with van der Waals surface area (Å²) in [7, 11) is 0. The topological polar surface area (TPSA) is 52.6 Å². The van der Waals surface area contributed by atoms with Crippen molar-refractivity contribution < 1.29 is 9.90 Å². The van der Waals surface area contributed by atoms with Crippen LogP contribution >= 0.6 is 11.6 Å². The minimum absolute atomic E-state index is 0.0941. The average molecular weight is 371 g/mol. The number of carboxylic acid groups (broad SMARTS) is 1. The van der Waals surface area contributed by atoms with Crippen LogP contribution in [-0.2, 0) is 6.42 Å². The Bertz CT molecular complexity index is 776.